The quantitative estimate of drug-likeness (QED) is 0.265. The minimum absolute atomic E-state index is 0.0337. The minimum Gasteiger partial charge on any atom is -0.258 e. The molecule has 0 saturated carbocycles. The van der Waals surface area contributed by atoms with Gasteiger partial charge in [-0.2, -0.15) is 0 Å². The molecule has 2 aromatic carbocycles. The lowest BCUT2D eigenvalue weighted by molar-refractivity contribution is -0.385. The summed E-state index contributed by atoms with van der Waals surface area (Å²) >= 11 is 6.34. The van der Waals surface area contributed by atoms with Gasteiger partial charge in [-0.3, -0.25) is 20.2 Å². The molecule has 10 nitrogen and oxygen atoms in total. The molecule has 130 valence electrons. The number of rotatable bonds is 5. The van der Waals surface area contributed by atoms with E-state index in [1.807, 2.05) is 0 Å². The van der Waals surface area contributed by atoms with Crippen molar-refractivity contribution in [2.75, 3.05) is 0 Å². The second-order valence-corrected chi connectivity index (χ2v) is 6.41. The summed E-state index contributed by atoms with van der Waals surface area (Å²) in [4.78, 5) is 20.3. The first-order chi connectivity index (χ1) is 12.4. The predicted molar refractivity (Wildman–Crippen MR) is 96.2 cm³/mol. The molecule has 0 saturated heterocycles. The first-order valence-electron chi connectivity index (χ1n) is 6.95. The van der Waals surface area contributed by atoms with E-state index < -0.39 is 9.85 Å². The molecule has 0 unspecified atom stereocenters. The summed E-state index contributed by atoms with van der Waals surface area (Å²) in [5.41, 5.74) is 0.919. The topological polar surface area (TPSA) is 129 Å². The van der Waals surface area contributed by atoms with E-state index in [2.05, 4.69) is 15.3 Å². The number of nitro benzene ring substituents is 2. The van der Waals surface area contributed by atoms with Crippen molar-refractivity contribution in [1.82, 2.24) is 9.78 Å². The maximum Gasteiger partial charge on any atom is 0.269 e. The lowest BCUT2D eigenvalue weighted by Gasteiger charge is -1.99. The number of hydrogen-bond acceptors (Lipinski definition) is 9. The van der Waals surface area contributed by atoms with Crippen LogP contribution in [0.4, 0.5) is 22.2 Å². The van der Waals surface area contributed by atoms with Crippen LogP contribution in [0.1, 0.15) is 0 Å². The fourth-order valence-electron chi connectivity index (χ4n) is 1.93. The molecule has 0 fully saturated rings. The molecule has 3 aromatic rings. The standard InChI is InChI=1S/C14H8N6O4S2/c21-19(22)11-3-1-9(2-4-11)15-16-13-17-18(14(25)26-13)10-5-7-12(8-6-10)20(23)24/h1-8H. The van der Waals surface area contributed by atoms with E-state index in [4.69, 9.17) is 12.2 Å². The van der Waals surface area contributed by atoms with Crippen molar-refractivity contribution in [2.24, 2.45) is 10.2 Å². The lowest BCUT2D eigenvalue weighted by atomic mass is 10.3. The van der Waals surface area contributed by atoms with Crippen LogP contribution in [0.15, 0.2) is 58.8 Å². The molecule has 0 N–H and O–H groups in total. The highest BCUT2D eigenvalue weighted by Crippen LogP contribution is 2.25. The van der Waals surface area contributed by atoms with Gasteiger partial charge >= 0.3 is 0 Å². The summed E-state index contributed by atoms with van der Waals surface area (Å²) in [5, 5.41) is 33.7. The third-order valence-electron chi connectivity index (χ3n) is 3.15. The molecule has 12 heteroatoms. The van der Waals surface area contributed by atoms with Crippen molar-refractivity contribution in [2.45, 2.75) is 0 Å². The summed E-state index contributed by atoms with van der Waals surface area (Å²) in [6, 6.07) is 11.4. The Morgan fingerprint density at radius 1 is 0.923 bits per heavy atom. The van der Waals surface area contributed by atoms with Crippen LogP contribution in [-0.2, 0) is 0 Å². The van der Waals surface area contributed by atoms with E-state index in [-0.39, 0.29) is 16.5 Å². The Labute approximate surface area is 154 Å². The average Bonchev–Trinajstić information content (AvgIpc) is 3.01. The molecule has 1 aromatic heterocycles. The van der Waals surface area contributed by atoms with Crippen molar-refractivity contribution >= 4 is 45.7 Å². The molecule has 3 rings (SSSR count). The van der Waals surface area contributed by atoms with Crippen LogP contribution in [0.2, 0.25) is 0 Å². The van der Waals surface area contributed by atoms with Gasteiger partial charge in [0, 0.05) is 24.3 Å². The molecular formula is C14H8N6O4S2. The Hall–Kier alpha value is -3.38. The number of non-ortho nitro benzene ring substituents is 2. The molecule has 0 aliphatic carbocycles. The van der Waals surface area contributed by atoms with Crippen LogP contribution < -0.4 is 0 Å². The van der Waals surface area contributed by atoms with Crippen LogP contribution in [-0.4, -0.2) is 19.6 Å². The van der Waals surface area contributed by atoms with Crippen molar-refractivity contribution in [3.8, 4) is 5.69 Å². The highest BCUT2D eigenvalue weighted by atomic mass is 32.1. The van der Waals surface area contributed by atoms with E-state index in [1.165, 1.54) is 53.2 Å². The number of hydrogen-bond donors (Lipinski definition) is 0. The van der Waals surface area contributed by atoms with Gasteiger partial charge < -0.3 is 0 Å². The molecule has 1 heterocycles. The number of benzene rings is 2. The molecule has 0 spiro atoms. The zero-order chi connectivity index (χ0) is 18.7. The lowest BCUT2D eigenvalue weighted by Crippen LogP contribution is -1.96. The maximum absolute atomic E-state index is 10.7. The van der Waals surface area contributed by atoms with Crippen molar-refractivity contribution < 1.29 is 9.85 Å². The van der Waals surface area contributed by atoms with Gasteiger partial charge in [0.15, 0.2) is 3.95 Å². The Kier molecular flexibility index (Phi) is 4.86. The molecule has 26 heavy (non-hydrogen) atoms. The molecule has 0 bridgehead atoms. The van der Waals surface area contributed by atoms with Crippen LogP contribution in [0.5, 0.6) is 0 Å². The van der Waals surface area contributed by atoms with Gasteiger partial charge in [0.25, 0.3) is 16.5 Å². The van der Waals surface area contributed by atoms with Crippen molar-refractivity contribution in [3.63, 3.8) is 0 Å². The van der Waals surface area contributed by atoms with Gasteiger partial charge in [-0.25, -0.2) is 4.68 Å². The Bertz CT molecular complexity index is 1060. The third kappa shape index (κ3) is 3.81. The second kappa shape index (κ2) is 7.25. The highest BCUT2D eigenvalue weighted by Gasteiger charge is 2.09. The third-order valence-corrected chi connectivity index (χ3v) is 4.27. The fourth-order valence-corrected chi connectivity index (χ4v) is 2.89. The van der Waals surface area contributed by atoms with Gasteiger partial charge in [0.05, 0.1) is 21.2 Å². The normalized spacial score (nSPS) is 10.9. The zero-order valence-corrected chi connectivity index (χ0v) is 14.4. The van der Waals surface area contributed by atoms with Crippen molar-refractivity contribution in [1.29, 1.82) is 0 Å². The molecule has 0 aliphatic rings. The largest absolute Gasteiger partial charge is 0.269 e. The Morgan fingerprint density at radius 3 is 2.00 bits per heavy atom. The summed E-state index contributed by atoms with van der Waals surface area (Å²) in [7, 11) is 0. The predicted octanol–water partition coefficient (Wildman–Crippen LogP) is 4.90. The Balaban J connectivity index is 1.82. The highest BCUT2D eigenvalue weighted by molar-refractivity contribution is 7.73. The summed E-state index contributed by atoms with van der Waals surface area (Å²) < 4.78 is 1.82. The smallest absolute Gasteiger partial charge is 0.258 e. The first kappa shape index (κ1) is 17.4. The van der Waals surface area contributed by atoms with E-state index in [9.17, 15) is 20.2 Å². The van der Waals surface area contributed by atoms with E-state index in [0.717, 1.165) is 11.3 Å². The number of nitrogens with zero attached hydrogens (tertiary/aromatic N) is 6. The minimum atomic E-state index is -0.502. The van der Waals surface area contributed by atoms with E-state index >= 15 is 0 Å². The number of azo groups is 1. The molecule has 0 aliphatic heterocycles. The molecular weight excluding hydrogens is 380 g/mol. The van der Waals surface area contributed by atoms with E-state index in [0.29, 0.717) is 15.3 Å². The summed E-state index contributed by atoms with van der Waals surface area (Å²) in [6.07, 6.45) is 0. The SMILES string of the molecule is O=[N+]([O-])c1ccc(N=Nc2nn(-c3ccc([N+](=O)[O-])cc3)c(=S)s2)cc1. The molecule has 0 atom stereocenters. The van der Waals surface area contributed by atoms with Crippen molar-refractivity contribution in [3.05, 3.63) is 72.7 Å². The van der Waals surface area contributed by atoms with Gasteiger partial charge in [0.2, 0.25) is 0 Å². The van der Waals surface area contributed by atoms with Gasteiger partial charge in [-0.05, 0) is 36.5 Å². The monoisotopic (exact) mass is 388 g/mol. The average molecular weight is 388 g/mol. The van der Waals surface area contributed by atoms with Gasteiger partial charge in [-0.1, -0.05) is 11.3 Å². The number of aromatic nitrogens is 2. The zero-order valence-electron chi connectivity index (χ0n) is 12.8. The maximum atomic E-state index is 10.7. The molecule has 0 amide bonds. The van der Waals surface area contributed by atoms with Crippen LogP contribution in [0.25, 0.3) is 5.69 Å². The summed E-state index contributed by atoms with van der Waals surface area (Å²) in [6.45, 7) is 0. The van der Waals surface area contributed by atoms with Gasteiger partial charge in [0.1, 0.15) is 0 Å². The van der Waals surface area contributed by atoms with Crippen LogP contribution in [0, 0.1) is 24.2 Å². The fraction of sp³-hybridized carbons (Fsp3) is 0. The second-order valence-electron chi connectivity index (χ2n) is 4.81. The van der Waals surface area contributed by atoms with Crippen LogP contribution in [0.3, 0.4) is 0 Å². The first-order valence-corrected chi connectivity index (χ1v) is 8.18. The number of nitro groups is 2. The van der Waals surface area contributed by atoms with E-state index in [1.54, 1.807) is 0 Å². The summed E-state index contributed by atoms with van der Waals surface area (Å²) in [5.74, 6) is 0. The Morgan fingerprint density at radius 2 is 1.46 bits per heavy atom. The molecule has 0 radical (unpaired) electrons. The van der Waals surface area contributed by atoms with Gasteiger partial charge in [-0.15, -0.1) is 15.3 Å². The van der Waals surface area contributed by atoms with Crippen LogP contribution >= 0.6 is 23.6 Å².